The van der Waals surface area contributed by atoms with E-state index in [0.29, 0.717) is 13.0 Å². The second-order valence-electron chi connectivity index (χ2n) is 5.53. The van der Waals surface area contributed by atoms with E-state index in [1.807, 2.05) is 55.4 Å². The smallest absolute Gasteiger partial charge is 0.221 e. The Balaban J connectivity index is 1.89. The van der Waals surface area contributed by atoms with Crippen molar-refractivity contribution in [3.8, 4) is 11.1 Å². The number of hydrogen-bond acceptors (Lipinski definition) is 2. The van der Waals surface area contributed by atoms with E-state index in [1.54, 1.807) is 0 Å². The number of hydrogen-bond donors (Lipinski definition) is 1. The summed E-state index contributed by atoms with van der Waals surface area (Å²) in [4.78, 5) is 13.7. The molecule has 2 aromatic carbocycles. The van der Waals surface area contributed by atoms with Gasteiger partial charge in [-0.2, -0.15) is 0 Å². The first-order valence-electron chi connectivity index (χ1n) is 7.31. The van der Waals surface area contributed by atoms with Crippen LogP contribution < -0.4 is 5.32 Å². The Morgan fingerprint density at radius 1 is 1.00 bits per heavy atom. The third-order valence-electron chi connectivity index (χ3n) is 3.41. The Labute approximate surface area is 136 Å². The van der Waals surface area contributed by atoms with E-state index < -0.39 is 0 Å². The normalized spacial score (nSPS) is 10.7. The number of nitrogens with one attached hydrogen (secondary N) is 1. The van der Waals surface area contributed by atoms with Gasteiger partial charge in [-0.05, 0) is 42.9 Å². The average Bonchev–Trinajstić information content (AvgIpc) is 2.52. The standard InChI is InChI=1S/C18H21ClN2O/c1-21(2)12-11-18(22)20-13-14-3-5-15(6-4-14)16-7-9-17(19)10-8-16/h3-10H,11-13H2,1-2H3,(H,20,22). The highest BCUT2D eigenvalue weighted by molar-refractivity contribution is 6.30. The number of benzene rings is 2. The molecule has 4 heteroatoms. The summed E-state index contributed by atoms with van der Waals surface area (Å²) in [6.45, 7) is 1.33. The van der Waals surface area contributed by atoms with Crippen LogP contribution in [0.2, 0.25) is 5.02 Å². The zero-order chi connectivity index (χ0) is 15.9. The van der Waals surface area contributed by atoms with E-state index >= 15 is 0 Å². The van der Waals surface area contributed by atoms with Crippen molar-refractivity contribution in [2.45, 2.75) is 13.0 Å². The molecule has 22 heavy (non-hydrogen) atoms. The molecule has 2 aromatic rings. The van der Waals surface area contributed by atoms with Gasteiger partial charge in [0.1, 0.15) is 0 Å². The van der Waals surface area contributed by atoms with Gasteiger partial charge in [0, 0.05) is 24.5 Å². The summed E-state index contributed by atoms with van der Waals surface area (Å²) in [5.74, 6) is 0.0791. The fourth-order valence-electron chi connectivity index (χ4n) is 2.07. The summed E-state index contributed by atoms with van der Waals surface area (Å²) in [5, 5.41) is 3.67. The van der Waals surface area contributed by atoms with E-state index in [9.17, 15) is 4.79 Å². The third-order valence-corrected chi connectivity index (χ3v) is 3.66. The number of carbonyl (C=O) groups excluding carboxylic acids is 1. The first-order chi connectivity index (χ1) is 10.5. The van der Waals surface area contributed by atoms with E-state index in [2.05, 4.69) is 17.4 Å². The Morgan fingerprint density at radius 2 is 1.55 bits per heavy atom. The molecular formula is C18H21ClN2O. The fourth-order valence-corrected chi connectivity index (χ4v) is 2.20. The summed E-state index contributed by atoms with van der Waals surface area (Å²) in [6.07, 6.45) is 0.524. The van der Waals surface area contributed by atoms with Crippen LogP contribution in [0.1, 0.15) is 12.0 Å². The van der Waals surface area contributed by atoms with Gasteiger partial charge >= 0.3 is 0 Å². The highest BCUT2D eigenvalue weighted by atomic mass is 35.5. The van der Waals surface area contributed by atoms with Crippen molar-refractivity contribution in [2.24, 2.45) is 0 Å². The molecule has 0 atom stereocenters. The summed E-state index contributed by atoms with van der Waals surface area (Å²) in [6, 6.07) is 16.0. The highest BCUT2D eigenvalue weighted by Crippen LogP contribution is 2.21. The van der Waals surface area contributed by atoms with E-state index in [-0.39, 0.29) is 5.91 Å². The maximum absolute atomic E-state index is 11.7. The van der Waals surface area contributed by atoms with Crippen LogP contribution in [0.15, 0.2) is 48.5 Å². The SMILES string of the molecule is CN(C)CCC(=O)NCc1ccc(-c2ccc(Cl)cc2)cc1. The minimum absolute atomic E-state index is 0.0791. The molecule has 0 aromatic heterocycles. The molecule has 116 valence electrons. The second kappa shape index (κ2) is 7.97. The third kappa shape index (κ3) is 5.17. The molecule has 0 unspecified atom stereocenters. The molecular weight excluding hydrogens is 296 g/mol. The average molecular weight is 317 g/mol. The van der Waals surface area contributed by atoms with Gasteiger partial charge in [-0.1, -0.05) is 48.0 Å². The van der Waals surface area contributed by atoms with Crippen LogP contribution in [0.3, 0.4) is 0 Å². The number of nitrogens with zero attached hydrogens (tertiary/aromatic N) is 1. The van der Waals surface area contributed by atoms with Crippen molar-refractivity contribution in [3.05, 3.63) is 59.1 Å². The lowest BCUT2D eigenvalue weighted by Crippen LogP contribution is -2.26. The fraction of sp³-hybridized carbons (Fsp3) is 0.278. The van der Waals surface area contributed by atoms with E-state index in [4.69, 9.17) is 11.6 Å². The van der Waals surface area contributed by atoms with Gasteiger partial charge < -0.3 is 10.2 Å². The molecule has 3 nitrogen and oxygen atoms in total. The molecule has 0 aliphatic carbocycles. The lowest BCUT2D eigenvalue weighted by Gasteiger charge is -2.10. The lowest BCUT2D eigenvalue weighted by molar-refractivity contribution is -0.121. The zero-order valence-corrected chi connectivity index (χ0v) is 13.7. The highest BCUT2D eigenvalue weighted by Gasteiger charge is 2.03. The van der Waals surface area contributed by atoms with Crippen LogP contribution in [0.25, 0.3) is 11.1 Å². The van der Waals surface area contributed by atoms with Crippen molar-refractivity contribution in [2.75, 3.05) is 20.6 Å². The van der Waals surface area contributed by atoms with E-state index in [0.717, 1.165) is 28.3 Å². The van der Waals surface area contributed by atoms with Crippen molar-refractivity contribution < 1.29 is 4.79 Å². The lowest BCUT2D eigenvalue weighted by atomic mass is 10.0. The molecule has 2 rings (SSSR count). The Bertz CT molecular complexity index is 606. The summed E-state index contributed by atoms with van der Waals surface area (Å²) in [7, 11) is 3.92. The molecule has 0 aliphatic rings. The maximum Gasteiger partial charge on any atom is 0.221 e. The molecule has 0 bridgehead atoms. The molecule has 0 aliphatic heterocycles. The monoisotopic (exact) mass is 316 g/mol. The number of rotatable bonds is 6. The molecule has 0 spiro atoms. The van der Waals surface area contributed by atoms with Crippen LogP contribution >= 0.6 is 11.6 Å². The minimum atomic E-state index is 0.0791. The van der Waals surface area contributed by atoms with Gasteiger partial charge in [0.2, 0.25) is 5.91 Å². The quantitative estimate of drug-likeness (QED) is 0.883. The van der Waals surface area contributed by atoms with Crippen molar-refractivity contribution in [1.29, 1.82) is 0 Å². The molecule has 1 N–H and O–H groups in total. The van der Waals surface area contributed by atoms with Crippen LogP contribution in [0, 0.1) is 0 Å². The van der Waals surface area contributed by atoms with Gasteiger partial charge in [-0.25, -0.2) is 0 Å². The Kier molecular flexibility index (Phi) is 5.99. The molecule has 0 saturated heterocycles. The zero-order valence-electron chi connectivity index (χ0n) is 13.0. The van der Waals surface area contributed by atoms with Gasteiger partial charge in [0.25, 0.3) is 0 Å². The molecule has 0 heterocycles. The van der Waals surface area contributed by atoms with Crippen LogP contribution in [0.4, 0.5) is 0 Å². The predicted octanol–water partition coefficient (Wildman–Crippen LogP) is 3.57. The van der Waals surface area contributed by atoms with Crippen LogP contribution in [-0.2, 0) is 11.3 Å². The first kappa shape index (κ1) is 16.5. The van der Waals surface area contributed by atoms with Gasteiger partial charge in [0.05, 0.1) is 0 Å². The molecule has 0 radical (unpaired) electrons. The summed E-state index contributed by atoms with van der Waals surface area (Å²) >= 11 is 5.90. The van der Waals surface area contributed by atoms with Gasteiger partial charge in [-0.15, -0.1) is 0 Å². The first-order valence-corrected chi connectivity index (χ1v) is 7.69. The molecule has 1 amide bonds. The number of halogens is 1. The van der Waals surface area contributed by atoms with Crippen molar-refractivity contribution >= 4 is 17.5 Å². The van der Waals surface area contributed by atoms with Crippen molar-refractivity contribution in [1.82, 2.24) is 10.2 Å². The van der Waals surface area contributed by atoms with Crippen molar-refractivity contribution in [3.63, 3.8) is 0 Å². The van der Waals surface area contributed by atoms with Crippen LogP contribution in [-0.4, -0.2) is 31.4 Å². The Hall–Kier alpha value is -1.84. The molecule has 0 saturated carbocycles. The number of carbonyl (C=O) groups is 1. The van der Waals surface area contributed by atoms with Gasteiger partial charge in [0.15, 0.2) is 0 Å². The molecule has 0 fully saturated rings. The van der Waals surface area contributed by atoms with Gasteiger partial charge in [-0.3, -0.25) is 4.79 Å². The number of amides is 1. The topological polar surface area (TPSA) is 32.3 Å². The predicted molar refractivity (Wildman–Crippen MR) is 91.9 cm³/mol. The Morgan fingerprint density at radius 3 is 2.09 bits per heavy atom. The van der Waals surface area contributed by atoms with E-state index in [1.165, 1.54) is 0 Å². The second-order valence-corrected chi connectivity index (χ2v) is 5.97. The summed E-state index contributed by atoms with van der Waals surface area (Å²) < 4.78 is 0. The maximum atomic E-state index is 11.7. The minimum Gasteiger partial charge on any atom is -0.352 e. The largest absolute Gasteiger partial charge is 0.352 e. The summed E-state index contributed by atoms with van der Waals surface area (Å²) in [5.41, 5.74) is 3.36. The van der Waals surface area contributed by atoms with Crippen LogP contribution in [0.5, 0.6) is 0 Å².